The van der Waals surface area contributed by atoms with E-state index in [1.54, 1.807) is 17.6 Å². The van der Waals surface area contributed by atoms with Crippen molar-refractivity contribution in [2.24, 2.45) is 0 Å². The number of nitrogens with zero attached hydrogens (tertiary/aromatic N) is 5. The molecule has 0 saturated heterocycles. The highest BCUT2D eigenvalue weighted by atomic mass is 32.1. The van der Waals surface area contributed by atoms with Gasteiger partial charge in [-0.2, -0.15) is 5.10 Å². The van der Waals surface area contributed by atoms with Gasteiger partial charge in [-0.1, -0.05) is 0 Å². The van der Waals surface area contributed by atoms with Crippen LogP contribution in [0.15, 0.2) is 28.9 Å². The first kappa shape index (κ1) is 14.4. The van der Waals surface area contributed by atoms with Crippen LogP contribution in [0.1, 0.15) is 5.82 Å². The molecular formula is C13H14N6O2S. The number of thiophene rings is 1. The molecule has 0 spiro atoms. The molecule has 0 aliphatic heterocycles. The standard InChI is InChI=1S/C13H14N6O2S/c1-9-17-12-10(2-5-22-12)13(21)19(9)4-3-15-11(20)6-18-8-14-7-16-18/h2,5,7-8H,3-4,6H2,1H3,(H,15,20). The number of carbonyl (C=O) groups is 1. The molecule has 0 fully saturated rings. The maximum absolute atomic E-state index is 12.3. The highest BCUT2D eigenvalue weighted by Crippen LogP contribution is 2.14. The highest BCUT2D eigenvalue weighted by Gasteiger charge is 2.09. The first-order valence-corrected chi connectivity index (χ1v) is 7.57. The number of nitrogens with one attached hydrogen (secondary N) is 1. The minimum Gasteiger partial charge on any atom is -0.353 e. The average molecular weight is 318 g/mol. The van der Waals surface area contributed by atoms with Crippen molar-refractivity contribution >= 4 is 27.5 Å². The Balaban J connectivity index is 1.64. The molecule has 1 amide bonds. The summed E-state index contributed by atoms with van der Waals surface area (Å²) in [5.74, 6) is 0.464. The van der Waals surface area contributed by atoms with Gasteiger partial charge in [0.2, 0.25) is 5.91 Å². The second-order valence-corrected chi connectivity index (χ2v) is 5.59. The third kappa shape index (κ3) is 2.89. The lowest BCUT2D eigenvalue weighted by Gasteiger charge is -2.10. The lowest BCUT2D eigenvalue weighted by atomic mass is 10.4. The molecular weight excluding hydrogens is 304 g/mol. The van der Waals surface area contributed by atoms with Gasteiger partial charge in [0.1, 0.15) is 29.9 Å². The van der Waals surface area contributed by atoms with Crippen LogP contribution < -0.4 is 10.9 Å². The van der Waals surface area contributed by atoms with E-state index in [1.165, 1.54) is 28.7 Å². The summed E-state index contributed by atoms with van der Waals surface area (Å²) in [5, 5.41) is 9.08. The molecule has 3 aromatic rings. The van der Waals surface area contributed by atoms with E-state index >= 15 is 0 Å². The molecule has 1 N–H and O–H groups in total. The molecule has 3 heterocycles. The predicted octanol–water partition coefficient (Wildman–Crippen LogP) is 0.174. The van der Waals surface area contributed by atoms with E-state index in [0.29, 0.717) is 24.3 Å². The monoisotopic (exact) mass is 318 g/mol. The third-order valence-electron chi connectivity index (χ3n) is 3.20. The molecule has 0 unspecified atom stereocenters. The lowest BCUT2D eigenvalue weighted by molar-refractivity contribution is -0.121. The molecule has 8 nitrogen and oxygen atoms in total. The van der Waals surface area contributed by atoms with E-state index in [0.717, 1.165) is 4.83 Å². The van der Waals surface area contributed by atoms with Crippen LogP contribution in [0, 0.1) is 6.92 Å². The van der Waals surface area contributed by atoms with Crippen molar-refractivity contribution in [3.63, 3.8) is 0 Å². The van der Waals surface area contributed by atoms with Crippen molar-refractivity contribution < 1.29 is 4.79 Å². The Labute approximate surface area is 129 Å². The molecule has 3 aromatic heterocycles. The van der Waals surface area contributed by atoms with Gasteiger partial charge < -0.3 is 5.32 Å². The quantitative estimate of drug-likeness (QED) is 0.724. The summed E-state index contributed by atoms with van der Waals surface area (Å²) >= 11 is 1.45. The van der Waals surface area contributed by atoms with E-state index in [2.05, 4.69) is 20.4 Å². The molecule has 9 heteroatoms. The second kappa shape index (κ2) is 6.06. The Morgan fingerprint density at radius 2 is 2.32 bits per heavy atom. The summed E-state index contributed by atoms with van der Waals surface area (Å²) in [4.78, 5) is 33.0. The number of carbonyl (C=O) groups excluding carboxylic acids is 1. The van der Waals surface area contributed by atoms with Crippen LogP contribution in [0.4, 0.5) is 0 Å². The number of rotatable bonds is 5. The van der Waals surface area contributed by atoms with E-state index in [4.69, 9.17) is 0 Å². The maximum atomic E-state index is 12.3. The molecule has 0 aromatic carbocycles. The number of aromatic nitrogens is 5. The molecule has 0 aliphatic carbocycles. The smallest absolute Gasteiger partial charge is 0.262 e. The Morgan fingerprint density at radius 3 is 3.09 bits per heavy atom. The Hall–Kier alpha value is -2.55. The fourth-order valence-electron chi connectivity index (χ4n) is 2.14. The molecule has 0 bridgehead atoms. The summed E-state index contributed by atoms with van der Waals surface area (Å²) < 4.78 is 3.01. The first-order valence-electron chi connectivity index (χ1n) is 6.69. The van der Waals surface area contributed by atoms with Crippen molar-refractivity contribution in [2.45, 2.75) is 20.0 Å². The molecule has 0 aliphatic rings. The molecule has 0 saturated carbocycles. The summed E-state index contributed by atoms with van der Waals surface area (Å²) in [5.41, 5.74) is -0.0747. The van der Waals surface area contributed by atoms with Crippen LogP contribution in [0.5, 0.6) is 0 Å². The lowest BCUT2D eigenvalue weighted by Crippen LogP contribution is -2.34. The van der Waals surface area contributed by atoms with Crippen LogP contribution in [0.25, 0.3) is 10.2 Å². The Bertz CT molecular complexity index is 851. The fraction of sp³-hybridized carbons (Fsp3) is 0.308. The largest absolute Gasteiger partial charge is 0.353 e. The van der Waals surface area contributed by atoms with Gasteiger partial charge in [-0.3, -0.25) is 14.2 Å². The van der Waals surface area contributed by atoms with Crippen LogP contribution >= 0.6 is 11.3 Å². The molecule has 3 rings (SSSR count). The number of hydrogen-bond donors (Lipinski definition) is 1. The van der Waals surface area contributed by atoms with Crippen LogP contribution in [-0.2, 0) is 17.9 Å². The van der Waals surface area contributed by atoms with Crippen molar-refractivity contribution in [1.29, 1.82) is 0 Å². The maximum Gasteiger partial charge on any atom is 0.262 e. The van der Waals surface area contributed by atoms with Gasteiger partial charge in [-0.15, -0.1) is 11.3 Å². The second-order valence-electron chi connectivity index (χ2n) is 4.70. The summed E-state index contributed by atoms with van der Waals surface area (Å²) in [6.45, 7) is 2.63. The van der Waals surface area contributed by atoms with Gasteiger partial charge in [0.05, 0.1) is 5.39 Å². The minimum absolute atomic E-state index is 0.0747. The van der Waals surface area contributed by atoms with Crippen molar-refractivity contribution in [3.8, 4) is 0 Å². The van der Waals surface area contributed by atoms with Gasteiger partial charge in [0.25, 0.3) is 5.56 Å². The summed E-state index contributed by atoms with van der Waals surface area (Å²) in [6.07, 6.45) is 2.85. The Morgan fingerprint density at radius 1 is 1.45 bits per heavy atom. The molecule has 0 atom stereocenters. The summed E-state index contributed by atoms with van der Waals surface area (Å²) in [7, 11) is 0. The van der Waals surface area contributed by atoms with E-state index in [-0.39, 0.29) is 18.0 Å². The summed E-state index contributed by atoms with van der Waals surface area (Å²) in [6, 6.07) is 1.77. The fourth-order valence-corrected chi connectivity index (χ4v) is 2.94. The van der Waals surface area contributed by atoms with E-state index < -0.39 is 0 Å². The van der Waals surface area contributed by atoms with Crippen LogP contribution in [-0.4, -0.2) is 36.8 Å². The zero-order valence-electron chi connectivity index (χ0n) is 11.9. The van der Waals surface area contributed by atoms with Crippen LogP contribution in [0.2, 0.25) is 0 Å². The van der Waals surface area contributed by atoms with Gasteiger partial charge in [0.15, 0.2) is 0 Å². The highest BCUT2D eigenvalue weighted by molar-refractivity contribution is 7.16. The number of hydrogen-bond acceptors (Lipinski definition) is 6. The zero-order valence-corrected chi connectivity index (χ0v) is 12.7. The number of aryl methyl sites for hydroxylation is 1. The molecule has 114 valence electrons. The van der Waals surface area contributed by atoms with E-state index in [9.17, 15) is 9.59 Å². The Kier molecular flexibility index (Phi) is 3.96. The van der Waals surface area contributed by atoms with Gasteiger partial charge >= 0.3 is 0 Å². The van der Waals surface area contributed by atoms with Crippen LogP contribution in [0.3, 0.4) is 0 Å². The van der Waals surface area contributed by atoms with Crippen molar-refractivity contribution in [1.82, 2.24) is 29.6 Å². The predicted molar refractivity (Wildman–Crippen MR) is 81.6 cm³/mol. The SMILES string of the molecule is Cc1nc2sccc2c(=O)n1CCNC(=O)Cn1cncn1. The van der Waals surface area contributed by atoms with Crippen molar-refractivity contribution in [3.05, 3.63) is 40.3 Å². The molecule has 22 heavy (non-hydrogen) atoms. The third-order valence-corrected chi connectivity index (χ3v) is 4.01. The first-order chi connectivity index (χ1) is 10.6. The zero-order chi connectivity index (χ0) is 15.5. The minimum atomic E-state index is -0.180. The van der Waals surface area contributed by atoms with Crippen molar-refractivity contribution in [2.75, 3.05) is 6.54 Å². The normalized spacial score (nSPS) is 11.0. The number of amides is 1. The van der Waals surface area contributed by atoms with Gasteiger partial charge in [-0.05, 0) is 18.4 Å². The van der Waals surface area contributed by atoms with Gasteiger partial charge in [-0.25, -0.2) is 14.6 Å². The van der Waals surface area contributed by atoms with E-state index in [1.807, 2.05) is 5.38 Å². The number of fused-ring (bicyclic) bond motifs is 1. The average Bonchev–Trinajstić information content (AvgIpc) is 3.13. The van der Waals surface area contributed by atoms with Gasteiger partial charge in [0, 0.05) is 13.1 Å². The topological polar surface area (TPSA) is 94.7 Å². The molecule has 0 radical (unpaired) electrons.